The van der Waals surface area contributed by atoms with Crippen molar-refractivity contribution in [3.8, 4) is 0 Å². The minimum absolute atomic E-state index is 0.00241. The average Bonchev–Trinajstić information content (AvgIpc) is 2.17. The van der Waals surface area contributed by atoms with Crippen LogP contribution in [0.1, 0.15) is 34.1 Å². The number of carbonyl (C=O) groups excluding carboxylic acids is 2. The Kier molecular flexibility index (Phi) is 7.25. The van der Waals surface area contributed by atoms with Crippen molar-refractivity contribution in [3.63, 3.8) is 0 Å². The van der Waals surface area contributed by atoms with E-state index in [0.717, 1.165) is 0 Å². The Labute approximate surface area is 96.6 Å². The average molecular weight is 228 g/mol. The summed E-state index contributed by atoms with van der Waals surface area (Å²) in [4.78, 5) is 23.2. The molecule has 0 radical (unpaired) electrons. The molecule has 92 valence electrons. The van der Waals surface area contributed by atoms with E-state index in [4.69, 9.17) is 9.47 Å². The third-order valence-electron chi connectivity index (χ3n) is 1.76. The van der Waals surface area contributed by atoms with E-state index >= 15 is 0 Å². The zero-order valence-electron chi connectivity index (χ0n) is 10.4. The summed E-state index contributed by atoms with van der Waals surface area (Å²) in [6, 6.07) is 0. The van der Waals surface area contributed by atoms with Crippen molar-refractivity contribution in [2.45, 2.75) is 34.1 Å². The van der Waals surface area contributed by atoms with E-state index in [-0.39, 0.29) is 23.9 Å². The predicted molar refractivity (Wildman–Crippen MR) is 60.8 cm³/mol. The molecule has 0 fully saturated rings. The van der Waals surface area contributed by atoms with Crippen LogP contribution in [0.4, 0.5) is 0 Å². The van der Waals surface area contributed by atoms with Crippen molar-refractivity contribution >= 4 is 11.8 Å². The fraction of sp³-hybridized carbons (Fsp3) is 0.667. The van der Waals surface area contributed by atoms with Gasteiger partial charge >= 0.3 is 5.97 Å². The first-order valence-electron chi connectivity index (χ1n) is 5.54. The van der Waals surface area contributed by atoms with Crippen molar-refractivity contribution in [3.05, 3.63) is 11.8 Å². The second-order valence-corrected chi connectivity index (χ2v) is 3.73. The lowest BCUT2D eigenvalue weighted by Crippen LogP contribution is -2.17. The summed E-state index contributed by atoms with van der Waals surface area (Å²) in [5, 5.41) is 0. The summed E-state index contributed by atoms with van der Waals surface area (Å²) in [5.74, 6) is -0.643. The number of ether oxygens (including phenoxy) is 2. The van der Waals surface area contributed by atoms with Crippen LogP contribution in [-0.4, -0.2) is 25.0 Å². The van der Waals surface area contributed by atoms with Gasteiger partial charge in [-0.25, -0.2) is 4.79 Å². The van der Waals surface area contributed by atoms with Crippen LogP contribution in [0.15, 0.2) is 11.8 Å². The van der Waals surface area contributed by atoms with Gasteiger partial charge in [-0.2, -0.15) is 0 Å². The van der Waals surface area contributed by atoms with E-state index < -0.39 is 5.97 Å². The van der Waals surface area contributed by atoms with Crippen LogP contribution in [0.5, 0.6) is 0 Å². The first-order chi connectivity index (χ1) is 7.52. The molecule has 16 heavy (non-hydrogen) atoms. The van der Waals surface area contributed by atoms with Crippen molar-refractivity contribution in [2.75, 3.05) is 13.2 Å². The zero-order valence-corrected chi connectivity index (χ0v) is 10.4. The summed E-state index contributed by atoms with van der Waals surface area (Å²) in [7, 11) is 0. The Balaban J connectivity index is 4.66. The molecule has 0 rings (SSSR count). The van der Waals surface area contributed by atoms with Gasteiger partial charge in [-0.3, -0.25) is 4.79 Å². The van der Waals surface area contributed by atoms with Crippen molar-refractivity contribution in [1.82, 2.24) is 0 Å². The summed E-state index contributed by atoms with van der Waals surface area (Å²) in [5.41, 5.74) is -0.00241. The van der Waals surface area contributed by atoms with E-state index in [9.17, 15) is 9.59 Å². The molecule has 4 nitrogen and oxygen atoms in total. The van der Waals surface area contributed by atoms with Gasteiger partial charge < -0.3 is 9.47 Å². The largest absolute Gasteiger partial charge is 0.500 e. The molecule has 0 saturated heterocycles. The van der Waals surface area contributed by atoms with Crippen molar-refractivity contribution < 1.29 is 19.1 Å². The molecule has 0 aromatic carbocycles. The first kappa shape index (κ1) is 14.7. The Morgan fingerprint density at radius 3 is 2.25 bits per heavy atom. The van der Waals surface area contributed by atoms with Gasteiger partial charge in [-0.15, -0.1) is 0 Å². The molecule has 0 spiro atoms. The normalized spacial score (nSPS) is 11.4. The molecule has 0 saturated carbocycles. The van der Waals surface area contributed by atoms with Crippen LogP contribution in [0, 0.1) is 5.92 Å². The summed E-state index contributed by atoms with van der Waals surface area (Å²) < 4.78 is 9.78. The van der Waals surface area contributed by atoms with E-state index in [0.29, 0.717) is 13.0 Å². The van der Waals surface area contributed by atoms with Crippen LogP contribution in [0.25, 0.3) is 0 Å². The van der Waals surface area contributed by atoms with E-state index in [1.54, 1.807) is 13.8 Å². The maximum absolute atomic E-state index is 11.7. The van der Waals surface area contributed by atoms with Gasteiger partial charge in [0, 0.05) is 6.42 Å². The van der Waals surface area contributed by atoms with Gasteiger partial charge in [0.25, 0.3) is 0 Å². The summed E-state index contributed by atoms with van der Waals surface area (Å²) in [6.07, 6.45) is 1.51. The lowest BCUT2D eigenvalue weighted by atomic mass is 10.0. The number of hydrogen-bond acceptors (Lipinski definition) is 4. The smallest absolute Gasteiger partial charge is 0.344 e. The maximum atomic E-state index is 11.7. The SMILES string of the molecule is CCO/C=C(\C(=O)CC(C)C)C(=O)OCC. The molecule has 0 aliphatic carbocycles. The summed E-state index contributed by atoms with van der Waals surface area (Å²) >= 11 is 0. The van der Waals surface area contributed by atoms with E-state index in [1.165, 1.54) is 6.26 Å². The second kappa shape index (κ2) is 7.91. The fourth-order valence-corrected chi connectivity index (χ4v) is 1.08. The fourth-order valence-electron chi connectivity index (χ4n) is 1.08. The molecule has 0 atom stereocenters. The van der Waals surface area contributed by atoms with Gasteiger partial charge in [-0.05, 0) is 19.8 Å². The number of esters is 1. The van der Waals surface area contributed by atoms with Crippen molar-refractivity contribution in [1.29, 1.82) is 0 Å². The zero-order chi connectivity index (χ0) is 12.6. The second-order valence-electron chi connectivity index (χ2n) is 3.73. The molecular formula is C12H20O4. The van der Waals surface area contributed by atoms with E-state index in [1.807, 2.05) is 13.8 Å². The van der Waals surface area contributed by atoms with Crippen LogP contribution in [0.3, 0.4) is 0 Å². The highest BCUT2D eigenvalue weighted by molar-refractivity contribution is 6.17. The van der Waals surface area contributed by atoms with Crippen LogP contribution in [0.2, 0.25) is 0 Å². The minimum Gasteiger partial charge on any atom is -0.500 e. The molecule has 0 heterocycles. The van der Waals surface area contributed by atoms with Crippen molar-refractivity contribution in [2.24, 2.45) is 5.92 Å². The molecule has 0 aromatic rings. The van der Waals surface area contributed by atoms with Gasteiger partial charge in [0.2, 0.25) is 0 Å². The Hall–Kier alpha value is -1.32. The highest BCUT2D eigenvalue weighted by atomic mass is 16.5. The molecule has 0 unspecified atom stereocenters. The number of ketones is 1. The highest BCUT2D eigenvalue weighted by Crippen LogP contribution is 2.09. The van der Waals surface area contributed by atoms with Crippen LogP contribution < -0.4 is 0 Å². The van der Waals surface area contributed by atoms with E-state index in [2.05, 4.69) is 0 Å². The molecule has 0 aromatic heterocycles. The Bertz CT molecular complexity index is 266. The molecular weight excluding hydrogens is 208 g/mol. The molecule has 0 aliphatic heterocycles. The summed E-state index contributed by atoms with van der Waals surface area (Å²) in [6.45, 7) is 7.98. The third-order valence-corrected chi connectivity index (χ3v) is 1.76. The number of rotatable bonds is 7. The Morgan fingerprint density at radius 1 is 1.19 bits per heavy atom. The maximum Gasteiger partial charge on any atom is 0.344 e. The number of Topliss-reactive ketones (excluding diaryl/α,β-unsaturated/α-hetero) is 1. The number of carbonyl (C=O) groups is 2. The van der Waals surface area contributed by atoms with Gasteiger partial charge in [0.1, 0.15) is 11.8 Å². The van der Waals surface area contributed by atoms with Crippen LogP contribution >= 0.6 is 0 Å². The van der Waals surface area contributed by atoms with Crippen LogP contribution in [-0.2, 0) is 19.1 Å². The first-order valence-corrected chi connectivity index (χ1v) is 5.54. The molecule has 0 N–H and O–H groups in total. The molecule has 0 aliphatic rings. The number of hydrogen-bond donors (Lipinski definition) is 0. The quantitative estimate of drug-likeness (QED) is 0.220. The minimum atomic E-state index is -0.610. The molecule has 0 amide bonds. The third kappa shape index (κ3) is 5.53. The lowest BCUT2D eigenvalue weighted by Gasteiger charge is -2.07. The molecule has 0 bridgehead atoms. The lowest BCUT2D eigenvalue weighted by molar-refractivity contribution is -0.140. The van der Waals surface area contributed by atoms with Gasteiger partial charge in [0.15, 0.2) is 5.78 Å². The monoisotopic (exact) mass is 228 g/mol. The van der Waals surface area contributed by atoms with Gasteiger partial charge in [-0.1, -0.05) is 13.8 Å². The molecule has 4 heteroatoms. The Morgan fingerprint density at radius 2 is 1.81 bits per heavy atom. The topological polar surface area (TPSA) is 52.6 Å². The standard InChI is InChI=1S/C12H20O4/c1-5-15-8-10(12(14)16-6-2)11(13)7-9(3)4/h8-9H,5-7H2,1-4H3/b10-8+. The predicted octanol–water partition coefficient (Wildman–Crippen LogP) is 2.09. The highest BCUT2D eigenvalue weighted by Gasteiger charge is 2.20. The van der Waals surface area contributed by atoms with Gasteiger partial charge in [0.05, 0.1) is 13.2 Å².